The van der Waals surface area contributed by atoms with E-state index >= 15 is 0 Å². The maximum Gasteiger partial charge on any atom is -0.00198 e. The highest BCUT2D eigenvalue weighted by molar-refractivity contribution is 6.26. The smallest absolute Gasteiger partial charge is 0.00198 e. The van der Waals surface area contributed by atoms with E-state index in [4.69, 9.17) is 0 Å². The highest BCUT2D eigenvalue weighted by atomic mass is 14.2. The van der Waals surface area contributed by atoms with E-state index in [1.54, 1.807) is 0 Å². The quantitative estimate of drug-likeness (QED) is 0.156. The molecule has 0 aliphatic heterocycles. The minimum atomic E-state index is 1.23. The van der Waals surface area contributed by atoms with Gasteiger partial charge in [-0.1, -0.05) is 145 Å². The molecule has 0 heteroatoms. The molecule has 198 valence electrons. The molecule has 0 aliphatic carbocycles. The average Bonchev–Trinajstić information content (AvgIpc) is 3.04. The summed E-state index contributed by atoms with van der Waals surface area (Å²) in [7, 11) is 0. The summed E-state index contributed by atoms with van der Waals surface area (Å²) in [5.74, 6) is 0. The molecule has 0 amide bonds. The van der Waals surface area contributed by atoms with Gasteiger partial charge in [0.15, 0.2) is 0 Å². The highest BCUT2D eigenvalue weighted by Gasteiger charge is 2.19. The van der Waals surface area contributed by atoms with Gasteiger partial charge in [-0.15, -0.1) is 0 Å². The minimum absolute atomic E-state index is 1.23. The van der Waals surface area contributed by atoms with E-state index in [9.17, 15) is 0 Å². The molecular weight excluding hydrogens is 504 g/mol. The zero-order valence-electron chi connectivity index (χ0n) is 23.9. The highest BCUT2D eigenvalue weighted by Crippen LogP contribution is 2.47. The fourth-order valence-electron chi connectivity index (χ4n) is 6.80. The van der Waals surface area contributed by atoms with Crippen molar-refractivity contribution < 1.29 is 0 Å². The van der Waals surface area contributed by atoms with Crippen LogP contribution in [-0.2, 0) is 0 Å². The maximum atomic E-state index is 2.41. The van der Waals surface area contributed by atoms with Crippen LogP contribution < -0.4 is 0 Å². The van der Waals surface area contributed by atoms with Crippen molar-refractivity contribution >= 4 is 43.1 Å². The van der Waals surface area contributed by atoms with E-state index in [1.807, 2.05) is 0 Å². The van der Waals surface area contributed by atoms with Gasteiger partial charge in [0.25, 0.3) is 0 Å². The van der Waals surface area contributed by atoms with E-state index in [-0.39, 0.29) is 0 Å². The van der Waals surface area contributed by atoms with E-state index < -0.39 is 0 Å². The summed E-state index contributed by atoms with van der Waals surface area (Å²) in [6.45, 7) is 4.41. The van der Waals surface area contributed by atoms with Gasteiger partial charge in [0.2, 0.25) is 0 Å². The summed E-state index contributed by atoms with van der Waals surface area (Å²) >= 11 is 0. The first-order valence-electron chi connectivity index (χ1n) is 14.7. The van der Waals surface area contributed by atoms with Gasteiger partial charge in [0, 0.05) is 0 Å². The first kappa shape index (κ1) is 24.6. The number of fused-ring (bicyclic) bond motifs is 5. The summed E-state index contributed by atoms with van der Waals surface area (Å²) in [6, 6.07) is 53.8. The van der Waals surface area contributed by atoms with Gasteiger partial charge in [0.05, 0.1) is 0 Å². The lowest BCUT2D eigenvalue weighted by molar-refractivity contribution is 1.49. The van der Waals surface area contributed by atoms with Crippen molar-refractivity contribution in [3.63, 3.8) is 0 Å². The van der Waals surface area contributed by atoms with Crippen molar-refractivity contribution in [2.45, 2.75) is 13.8 Å². The normalized spacial score (nSPS) is 11.6. The topological polar surface area (TPSA) is 0 Å². The van der Waals surface area contributed by atoms with E-state index in [0.717, 1.165) is 0 Å². The summed E-state index contributed by atoms with van der Waals surface area (Å²) in [5.41, 5.74) is 10.2. The fourth-order valence-corrected chi connectivity index (χ4v) is 6.80. The largest absolute Gasteiger partial charge is 0.0622 e. The second-order valence-corrected chi connectivity index (χ2v) is 11.5. The van der Waals surface area contributed by atoms with Crippen molar-refractivity contribution in [2.24, 2.45) is 0 Å². The molecule has 0 unspecified atom stereocenters. The molecule has 0 atom stereocenters. The number of hydrogen-bond donors (Lipinski definition) is 0. The molecule has 8 aromatic rings. The molecule has 0 nitrogen and oxygen atoms in total. The zero-order chi connectivity index (χ0) is 28.2. The van der Waals surface area contributed by atoms with Crippen molar-refractivity contribution in [3.05, 3.63) is 157 Å². The van der Waals surface area contributed by atoms with Crippen LogP contribution in [0.4, 0.5) is 0 Å². The number of benzene rings is 8. The Morgan fingerprint density at radius 1 is 0.310 bits per heavy atom. The third kappa shape index (κ3) is 3.91. The van der Waals surface area contributed by atoms with E-state index in [2.05, 4.69) is 159 Å². The van der Waals surface area contributed by atoms with Crippen LogP contribution in [-0.4, -0.2) is 0 Å². The van der Waals surface area contributed by atoms with Gasteiger partial charge in [0.1, 0.15) is 0 Å². The molecule has 0 spiro atoms. The predicted molar refractivity (Wildman–Crippen MR) is 182 cm³/mol. The van der Waals surface area contributed by atoms with Gasteiger partial charge in [-0.25, -0.2) is 0 Å². The van der Waals surface area contributed by atoms with Gasteiger partial charge in [-0.2, -0.15) is 0 Å². The third-order valence-corrected chi connectivity index (χ3v) is 8.72. The van der Waals surface area contributed by atoms with Gasteiger partial charge in [-0.3, -0.25) is 0 Å². The van der Waals surface area contributed by atoms with Crippen molar-refractivity contribution in [1.82, 2.24) is 0 Å². The summed E-state index contributed by atoms with van der Waals surface area (Å²) in [4.78, 5) is 0. The lowest BCUT2D eigenvalue weighted by Gasteiger charge is -2.21. The number of hydrogen-bond acceptors (Lipinski definition) is 0. The molecule has 0 radical (unpaired) electrons. The molecule has 0 N–H and O–H groups in total. The lowest BCUT2D eigenvalue weighted by atomic mass is 9.82. The molecule has 8 aromatic carbocycles. The van der Waals surface area contributed by atoms with Gasteiger partial charge < -0.3 is 0 Å². The Hall–Kier alpha value is -5.20. The summed E-state index contributed by atoms with van der Waals surface area (Å²) < 4.78 is 0. The molecule has 0 aromatic heterocycles. The van der Waals surface area contributed by atoms with Crippen LogP contribution in [0.15, 0.2) is 146 Å². The first-order valence-corrected chi connectivity index (χ1v) is 14.7. The second-order valence-electron chi connectivity index (χ2n) is 11.5. The zero-order valence-corrected chi connectivity index (χ0v) is 23.9. The molecule has 0 saturated carbocycles. The number of aryl methyl sites for hydroxylation is 2. The van der Waals surface area contributed by atoms with Crippen molar-refractivity contribution in [1.29, 1.82) is 0 Å². The van der Waals surface area contributed by atoms with Crippen LogP contribution in [0, 0.1) is 13.8 Å². The monoisotopic (exact) mass is 534 g/mol. The Morgan fingerprint density at radius 2 is 0.881 bits per heavy atom. The minimum Gasteiger partial charge on any atom is -0.0622 e. The Labute approximate surface area is 246 Å². The number of rotatable bonds is 3. The molecule has 8 rings (SSSR count). The molecule has 0 bridgehead atoms. The Balaban J connectivity index is 1.54. The Kier molecular flexibility index (Phi) is 5.69. The predicted octanol–water partition coefficient (Wildman–Crippen LogP) is 11.9. The molecule has 42 heavy (non-hydrogen) atoms. The fraction of sp³-hybridized carbons (Fsp3) is 0.0476. The van der Waals surface area contributed by atoms with Crippen LogP contribution in [0.1, 0.15) is 11.1 Å². The molecular formula is C42H30. The average molecular weight is 535 g/mol. The Bertz CT molecular complexity index is 2300. The second kappa shape index (κ2) is 9.72. The Morgan fingerprint density at radius 3 is 1.64 bits per heavy atom. The van der Waals surface area contributed by atoms with Crippen molar-refractivity contribution in [2.75, 3.05) is 0 Å². The van der Waals surface area contributed by atoms with Crippen LogP contribution in [0.3, 0.4) is 0 Å². The molecule has 0 aliphatic rings. The van der Waals surface area contributed by atoms with Crippen molar-refractivity contribution in [3.8, 4) is 33.4 Å². The van der Waals surface area contributed by atoms with Gasteiger partial charge >= 0.3 is 0 Å². The summed E-state index contributed by atoms with van der Waals surface area (Å²) in [5, 5.41) is 10.3. The third-order valence-electron chi connectivity index (χ3n) is 8.72. The van der Waals surface area contributed by atoms with E-state index in [0.29, 0.717) is 0 Å². The van der Waals surface area contributed by atoms with Crippen LogP contribution in [0.2, 0.25) is 0 Å². The first-order chi connectivity index (χ1) is 20.7. The summed E-state index contributed by atoms with van der Waals surface area (Å²) in [6.07, 6.45) is 0. The molecule has 0 saturated heterocycles. The van der Waals surface area contributed by atoms with E-state index in [1.165, 1.54) is 87.6 Å². The lowest BCUT2D eigenvalue weighted by Crippen LogP contribution is -1.94. The maximum absolute atomic E-state index is 2.41. The van der Waals surface area contributed by atoms with Gasteiger partial charge in [-0.05, 0) is 102 Å². The SMILES string of the molecule is Cc1ccc2c(-c3cc4ccccc4c4ccccc34)c3cc(C)ccc3c(-c3cccc(-c4ccccc4)c3)c2c1. The van der Waals surface area contributed by atoms with Crippen LogP contribution in [0.25, 0.3) is 76.5 Å². The van der Waals surface area contributed by atoms with Crippen LogP contribution >= 0.6 is 0 Å². The molecule has 0 fully saturated rings. The standard InChI is InChI=1S/C42H30/c1-27-20-22-37-38(23-27)41(32-15-10-14-30(25-32)29-11-4-3-5-12-29)36-21-19-28(2)24-39(36)42(37)40-26-31-13-6-7-16-33(31)34-17-8-9-18-35(34)40/h3-26H,1-2H3. The molecule has 0 heterocycles. The van der Waals surface area contributed by atoms with Crippen LogP contribution in [0.5, 0.6) is 0 Å².